The number of allylic oxidation sites excluding steroid dienone is 1. The average molecular weight is 388 g/mol. The lowest BCUT2D eigenvalue weighted by atomic mass is 9.88. The van der Waals surface area contributed by atoms with Crippen LogP contribution in [0.2, 0.25) is 0 Å². The van der Waals surface area contributed by atoms with Crippen LogP contribution in [0.25, 0.3) is 10.9 Å². The molecule has 0 spiro atoms. The molecule has 2 aliphatic carbocycles. The van der Waals surface area contributed by atoms with E-state index in [0.717, 1.165) is 17.3 Å². The standard InChI is InChI=1S/C22H21N5O2/c23-20(29)18-12-8-9-13(10-12)19(18)26-21-16-6-1-2-7-17(16)25-22(27-21)24-14-4-3-5-15(28)11-14/h1-9,11-13,18-19,28H,10H2,(H2,23,29)(H2,24,25,26,27)/p+1. The molecular formula is C22H22N5O2+. The molecule has 4 atom stereocenters. The normalized spacial score (nSPS) is 24.7. The SMILES string of the molecule is [NH3+]C(=O)C1C2C=CC(C2)C1Nc1nc(Nc2cccc(O)c2)nc2ccccc12. The summed E-state index contributed by atoms with van der Waals surface area (Å²) in [6.07, 6.45) is 5.31. The van der Waals surface area contributed by atoms with Crippen molar-refractivity contribution in [1.29, 1.82) is 0 Å². The molecule has 5 rings (SSSR count). The number of para-hydroxylation sites is 1. The Morgan fingerprint density at radius 1 is 1.07 bits per heavy atom. The highest BCUT2D eigenvalue weighted by molar-refractivity contribution is 5.90. The maximum absolute atomic E-state index is 12.2. The van der Waals surface area contributed by atoms with E-state index >= 15 is 0 Å². The summed E-state index contributed by atoms with van der Waals surface area (Å²) < 4.78 is 0. The second kappa shape index (κ2) is 6.86. The third-order valence-electron chi connectivity index (χ3n) is 5.84. The summed E-state index contributed by atoms with van der Waals surface area (Å²) in [6.45, 7) is 0. The van der Waals surface area contributed by atoms with Crippen LogP contribution in [-0.4, -0.2) is 27.0 Å². The molecule has 7 nitrogen and oxygen atoms in total. The molecule has 2 bridgehead atoms. The van der Waals surface area contributed by atoms with Crippen molar-refractivity contribution in [2.75, 3.05) is 10.6 Å². The molecule has 7 heteroatoms. The molecule has 2 aromatic carbocycles. The topological polar surface area (TPSA) is 115 Å². The lowest BCUT2D eigenvalue weighted by molar-refractivity contribution is -0.312. The Morgan fingerprint density at radius 3 is 2.72 bits per heavy atom. The van der Waals surface area contributed by atoms with Crippen LogP contribution in [-0.2, 0) is 4.79 Å². The molecule has 1 heterocycles. The van der Waals surface area contributed by atoms with Crippen molar-refractivity contribution in [3.63, 3.8) is 0 Å². The van der Waals surface area contributed by atoms with Crippen molar-refractivity contribution in [3.05, 3.63) is 60.7 Å². The number of aromatic hydroxyl groups is 1. The zero-order chi connectivity index (χ0) is 20.0. The van der Waals surface area contributed by atoms with Crippen molar-refractivity contribution in [2.45, 2.75) is 12.5 Å². The minimum absolute atomic E-state index is 0.0260. The lowest BCUT2D eigenvalue weighted by Crippen LogP contribution is -2.63. The van der Waals surface area contributed by atoms with E-state index in [-0.39, 0.29) is 29.5 Å². The maximum Gasteiger partial charge on any atom is 0.314 e. The molecule has 29 heavy (non-hydrogen) atoms. The van der Waals surface area contributed by atoms with Crippen LogP contribution in [0.3, 0.4) is 0 Å². The maximum atomic E-state index is 12.2. The van der Waals surface area contributed by atoms with E-state index in [0.29, 0.717) is 23.4 Å². The molecule has 0 aliphatic heterocycles. The fraction of sp³-hybridized carbons (Fsp3) is 0.227. The van der Waals surface area contributed by atoms with Crippen LogP contribution in [0.4, 0.5) is 17.5 Å². The summed E-state index contributed by atoms with van der Waals surface area (Å²) in [6, 6.07) is 14.6. The Morgan fingerprint density at radius 2 is 1.90 bits per heavy atom. The molecule has 2 aliphatic rings. The van der Waals surface area contributed by atoms with Crippen LogP contribution in [0.5, 0.6) is 5.75 Å². The summed E-state index contributed by atoms with van der Waals surface area (Å²) in [7, 11) is 0. The van der Waals surface area contributed by atoms with Crippen molar-refractivity contribution < 1.29 is 15.6 Å². The quantitative estimate of drug-likeness (QED) is 0.499. The van der Waals surface area contributed by atoms with Gasteiger partial charge in [0.05, 0.1) is 11.6 Å². The number of fused-ring (bicyclic) bond motifs is 3. The van der Waals surface area contributed by atoms with E-state index in [4.69, 9.17) is 4.98 Å². The first-order chi connectivity index (χ1) is 14.1. The highest BCUT2D eigenvalue weighted by atomic mass is 16.3. The number of phenolic OH excluding ortho intramolecular Hbond substituents is 1. The summed E-state index contributed by atoms with van der Waals surface area (Å²) in [5, 5.41) is 17.3. The number of amides is 1. The molecule has 1 saturated carbocycles. The second-order valence-corrected chi connectivity index (χ2v) is 7.70. The monoisotopic (exact) mass is 388 g/mol. The van der Waals surface area contributed by atoms with E-state index in [1.54, 1.807) is 18.2 Å². The van der Waals surface area contributed by atoms with E-state index < -0.39 is 0 Å². The number of nitrogens with one attached hydrogen (secondary N) is 2. The van der Waals surface area contributed by atoms with Gasteiger partial charge in [0.2, 0.25) is 5.95 Å². The van der Waals surface area contributed by atoms with E-state index in [2.05, 4.69) is 33.5 Å². The third kappa shape index (κ3) is 3.19. The highest BCUT2D eigenvalue weighted by Gasteiger charge is 2.49. The molecule has 0 radical (unpaired) electrons. The van der Waals surface area contributed by atoms with Gasteiger partial charge in [-0.15, -0.1) is 0 Å². The van der Waals surface area contributed by atoms with Gasteiger partial charge in [-0.3, -0.25) is 5.73 Å². The van der Waals surface area contributed by atoms with E-state index in [1.165, 1.54) is 0 Å². The van der Waals surface area contributed by atoms with E-state index in [1.807, 2.05) is 30.3 Å². The molecule has 146 valence electrons. The number of carbonyl (C=O) groups excluding carboxylic acids is 1. The number of hydrogen-bond acceptors (Lipinski definition) is 6. The summed E-state index contributed by atoms with van der Waals surface area (Å²) in [5.41, 5.74) is 5.18. The number of quaternary nitrogens is 1. The van der Waals surface area contributed by atoms with Gasteiger partial charge in [0.15, 0.2) is 0 Å². The Hall–Kier alpha value is -3.45. The number of anilines is 3. The predicted octanol–water partition coefficient (Wildman–Crippen LogP) is 2.45. The van der Waals surface area contributed by atoms with Gasteiger partial charge in [-0.1, -0.05) is 30.4 Å². The Bertz CT molecular complexity index is 1130. The first kappa shape index (κ1) is 17.6. The smallest absolute Gasteiger partial charge is 0.314 e. The number of nitrogens with zero attached hydrogens (tertiary/aromatic N) is 2. The Kier molecular flexibility index (Phi) is 4.17. The van der Waals surface area contributed by atoms with E-state index in [9.17, 15) is 9.90 Å². The van der Waals surface area contributed by atoms with Crippen molar-refractivity contribution in [3.8, 4) is 5.75 Å². The predicted molar refractivity (Wildman–Crippen MR) is 110 cm³/mol. The molecule has 6 N–H and O–H groups in total. The minimum atomic E-state index is -0.138. The first-order valence-corrected chi connectivity index (χ1v) is 9.72. The van der Waals surface area contributed by atoms with Crippen LogP contribution >= 0.6 is 0 Å². The highest BCUT2D eigenvalue weighted by Crippen LogP contribution is 2.45. The third-order valence-corrected chi connectivity index (χ3v) is 5.84. The number of aromatic nitrogens is 2. The fourth-order valence-corrected chi connectivity index (χ4v) is 4.57. The number of phenols is 1. The number of rotatable bonds is 5. The molecule has 0 saturated heterocycles. The lowest BCUT2D eigenvalue weighted by Gasteiger charge is -2.26. The fourth-order valence-electron chi connectivity index (χ4n) is 4.57. The average Bonchev–Trinajstić information content (AvgIpc) is 3.29. The number of carbonyl (C=O) groups is 1. The summed E-state index contributed by atoms with van der Waals surface area (Å²) in [5.74, 6) is 1.66. The van der Waals surface area contributed by atoms with Gasteiger partial charge >= 0.3 is 5.91 Å². The van der Waals surface area contributed by atoms with Gasteiger partial charge in [0, 0.05) is 17.1 Å². The van der Waals surface area contributed by atoms with Gasteiger partial charge in [-0.2, -0.15) is 4.98 Å². The summed E-state index contributed by atoms with van der Waals surface area (Å²) in [4.78, 5) is 21.5. The molecule has 3 aromatic rings. The molecular weight excluding hydrogens is 366 g/mol. The summed E-state index contributed by atoms with van der Waals surface area (Å²) >= 11 is 0. The first-order valence-electron chi connectivity index (χ1n) is 9.72. The van der Waals surface area contributed by atoms with Crippen molar-refractivity contribution in [2.24, 2.45) is 17.8 Å². The zero-order valence-electron chi connectivity index (χ0n) is 15.7. The minimum Gasteiger partial charge on any atom is -0.508 e. The van der Waals surface area contributed by atoms with Crippen LogP contribution in [0, 0.1) is 17.8 Å². The molecule has 1 amide bonds. The van der Waals surface area contributed by atoms with Crippen molar-refractivity contribution in [1.82, 2.24) is 9.97 Å². The number of hydrogen-bond donors (Lipinski definition) is 4. The Balaban J connectivity index is 1.52. The van der Waals surface area contributed by atoms with Gasteiger partial charge < -0.3 is 15.7 Å². The molecule has 1 fully saturated rings. The second-order valence-electron chi connectivity index (χ2n) is 7.70. The zero-order valence-corrected chi connectivity index (χ0v) is 15.7. The van der Waals surface area contributed by atoms with Crippen LogP contribution in [0.1, 0.15) is 6.42 Å². The van der Waals surface area contributed by atoms with Gasteiger partial charge in [-0.25, -0.2) is 9.78 Å². The van der Waals surface area contributed by atoms with Gasteiger partial charge in [-0.05, 0) is 42.5 Å². The van der Waals surface area contributed by atoms with Gasteiger partial charge in [0.1, 0.15) is 17.5 Å². The van der Waals surface area contributed by atoms with Crippen molar-refractivity contribution >= 4 is 34.3 Å². The van der Waals surface area contributed by atoms with Crippen LogP contribution in [0.15, 0.2) is 60.7 Å². The number of benzene rings is 2. The van der Waals surface area contributed by atoms with Gasteiger partial charge in [0.25, 0.3) is 0 Å². The molecule has 1 aromatic heterocycles. The molecule has 4 unspecified atom stereocenters. The largest absolute Gasteiger partial charge is 0.508 e. The van der Waals surface area contributed by atoms with Crippen LogP contribution < -0.4 is 16.4 Å². The Labute approximate surface area is 167 Å².